The van der Waals surface area contributed by atoms with Gasteiger partial charge in [0.2, 0.25) is 11.8 Å². The second kappa shape index (κ2) is 8.15. The van der Waals surface area contributed by atoms with Crippen molar-refractivity contribution in [1.29, 1.82) is 0 Å². The molecule has 0 heterocycles. The van der Waals surface area contributed by atoms with Crippen LogP contribution in [0.1, 0.15) is 32.1 Å². The first-order valence-electron chi connectivity index (χ1n) is 9.10. The zero-order valence-electron chi connectivity index (χ0n) is 14.9. The van der Waals surface area contributed by atoms with Crippen molar-refractivity contribution in [2.45, 2.75) is 38.1 Å². The van der Waals surface area contributed by atoms with Gasteiger partial charge in [0, 0.05) is 24.7 Å². The lowest BCUT2D eigenvalue weighted by Crippen LogP contribution is -2.49. The molecule has 2 amide bonds. The van der Waals surface area contributed by atoms with Crippen molar-refractivity contribution in [1.82, 2.24) is 4.90 Å². The fourth-order valence-corrected chi connectivity index (χ4v) is 4.67. The third-order valence-electron chi connectivity index (χ3n) is 5.72. The Bertz CT molecular complexity index is 683. The highest BCUT2D eigenvalue weighted by Gasteiger charge is 2.41. The standard InChI is InChI=1S/C19H25Cl2N3O2/c1-24(10-17(25)23-14-5-6-15(20)16(21)9-14)19(26)13-7-11-3-2-4-12(8-13)18(11)22/h5-6,9,11-13,18H,2-4,7-8,10,22H2,1H3,(H,23,25). The number of fused-ring (bicyclic) bond motifs is 2. The monoisotopic (exact) mass is 397 g/mol. The van der Waals surface area contributed by atoms with Gasteiger partial charge in [-0.1, -0.05) is 29.6 Å². The van der Waals surface area contributed by atoms with Crippen LogP contribution in [0, 0.1) is 17.8 Å². The second-order valence-corrected chi connectivity index (χ2v) is 8.38. The first kappa shape index (κ1) is 19.5. The maximum absolute atomic E-state index is 12.8. The second-order valence-electron chi connectivity index (χ2n) is 7.57. The van der Waals surface area contributed by atoms with Gasteiger partial charge in [0.05, 0.1) is 16.6 Å². The number of anilines is 1. The average molecular weight is 398 g/mol. The maximum Gasteiger partial charge on any atom is 0.243 e. The molecule has 26 heavy (non-hydrogen) atoms. The minimum Gasteiger partial charge on any atom is -0.336 e. The topological polar surface area (TPSA) is 75.4 Å². The zero-order chi connectivity index (χ0) is 18.8. The molecule has 0 aliphatic heterocycles. The smallest absolute Gasteiger partial charge is 0.243 e. The van der Waals surface area contributed by atoms with Crippen LogP contribution in [0.5, 0.6) is 0 Å². The van der Waals surface area contributed by atoms with Crippen LogP contribution in [0.2, 0.25) is 10.0 Å². The molecule has 2 aliphatic carbocycles. The Morgan fingerprint density at radius 1 is 1.19 bits per heavy atom. The van der Waals surface area contributed by atoms with Crippen LogP contribution < -0.4 is 11.1 Å². The summed E-state index contributed by atoms with van der Waals surface area (Å²) < 4.78 is 0. The normalized spacial score (nSPS) is 27.7. The first-order chi connectivity index (χ1) is 12.3. The average Bonchev–Trinajstić information content (AvgIpc) is 2.57. The van der Waals surface area contributed by atoms with E-state index in [0.29, 0.717) is 27.6 Å². The number of nitrogens with one attached hydrogen (secondary N) is 1. The van der Waals surface area contributed by atoms with Gasteiger partial charge >= 0.3 is 0 Å². The Morgan fingerprint density at radius 3 is 2.46 bits per heavy atom. The lowest BCUT2D eigenvalue weighted by atomic mass is 9.65. The molecule has 2 aliphatic rings. The Hall–Kier alpha value is -1.30. The van der Waals surface area contributed by atoms with Gasteiger partial charge in [-0.05, 0) is 55.7 Å². The van der Waals surface area contributed by atoms with E-state index in [-0.39, 0.29) is 30.3 Å². The molecular formula is C19H25Cl2N3O2. The molecule has 2 atom stereocenters. The van der Waals surface area contributed by atoms with Crippen LogP contribution in [-0.4, -0.2) is 36.3 Å². The number of nitrogens with zero attached hydrogens (tertiary/aromatic N) is 1. The molecule has 0 saturated heterocycles. The van der Waals surface area contributed by atoms with Gasteiger partial charge in [-0.3, -0.25) is 9.59 Å². The molecular weight excluding hydrogens is 373 g/mol. The van der Waals surface area contributed by atoms with E-state index in [2.05, 4.69) is 5.32 Å². The third-order valence-corrected chi connectivity index (χ3v) is 6.46. The summed E-state index contributed by atoms with van der Waals surface area (Å²) in [6.07, 6.45) is 5.13. The Kier molecular flexibility index (Phi) is 6.10. The lowest BCUT2D eigenvalue weighted by Gasteiger charge is -2.44. The van der Waals surface area contributed by atoms with Crippen molar-refractivity contribution >= 4 is 40.7 Å². The minimum atomic E-state index is -0.257. The summed E-state index contributed by atoms with van der Waals surface area (Å²) in [4.78, 5) is 26.6. The molecule has 2 bridgehead atoms. The minimum absolute atomic E-state index is 0.0109. The lowest BCUT2D eigenvalue weighted by molar-refractivity contribution is -0.139. The van der Waals surface area contributed by atoms with Crippen molar-refractivity contribution in [2.24, 2.45) is 23.5 Å². The number of nitrogens with two attached hydrogens (primary N) is 1. The molecule has 0 spiro atoms. The summed E-state index contributed by atoms with van der Waals surface area (Å²) in [7, 11) is 1.68. The largest absolute Gasteiger partial charge is 0.336 e. The van der Waals surface area contributed by atoms with E-state index < -0.39 is 0 Å². The summed E-state index contributed by atoms with van der Waals surface area (Å²) in [5.41, 5.74) is 6.86. The fraction of sp³-hybridized carbons (Fsp3) is 0.579. The molecule has 7 heteroatoms. The van der Waals surface area contributed by atoms with Crippen LogP contribution in [0.4, 0.5) is 5.69 Å². The number of rotatable bonds is 4. The predicted octanol–water partition coefficient (Wildman–Crippen LogP) is 3.54. The highest BCUT2D eigenvalue weighted by atomic mass is 35.5. The fourth-order valence-electron chi connectivity index (χ4n) is 4.37. The number of amides is 2. The van der Waals surface area contributed by atoms with Gasteiger partial charge < -0.3 is 16.0 Å². The van der Waals surface area contributed by atoms with Crippen LogP contribution in [-0.2, 0) is 9.59 Å². The number of hydrogen-bond donors (Lipinski definition) is 2. The summed E-state index contributed by atoms with van der Waals surface area (Å²) in [6.45, 7) is 0.0109. The zero-order valence-corrected chi connectivity index (χ0v) is 16.4. The number of likely N-dealkylation sites (N-methyl/N-ethyl adjacent to an activating group) is 1. The summed E-state index contributed by atoms with van der Waals surface area (Å²) >= 11 is 11.8. The summed E-state index contributed by atoms with van der Waals surface area (Å²) in [5, 5.41) is 3.55. The SMILES string of the molecule is CN(CC(=O)Nc1ccc(Cl)c(Cl)c1)C(=O)C1CC2CCCC(C1)C2N. The Morgan fingerprint density at radius 2 is 1.85 bits per heavy atom. The van der Waals surface area contributed by atoms with E-state index in [0.717, 1.165) is 25.7 Å². The van der Waals surface area contributed by atoms with E-state index in [1.807, 2.05) is 0 Å². The molecule has 3 rings (SSSR count). The Labute approximate surface area is 164 Å². The molecule has 2 unspecified atom stereocenters. The van der Waals surface area contributed by atoms with Gasteiger partial charge in [-0.2, -0.15) is 0 Å². The molecule has 5 nitrogen and oxygen atoms in total. The van der Waals surface area contributed by atoms with Crippen molar-refractivity contribution in [3.8, 4) is 0 Å². The van der Waals surface area contributed by atoms with Gasteiger partial charge in [0.1, 0.15) is 0 Å². The summed E-state index contributed by atoms with van der Waals surface area (Å²) in [5.74, 6) is 0.641. The van der Waals surface area contributed by atoms with Crippen molar-refractivity contribution in [2.75, 3.05) is 18.9 Å². The van der Waals surface area contributed by atoms with Gasteiger partial charge in [-0.25, -0.2) is 0 Å². The van der Waals surface area contributed by atoms with E-state index in [1.165, 1.54) is 11.3 Å². The number of halogens is 2. The summed E-state index contributed by atoms with van der Waals surface area (Å²) in [6, 6.07) is 5.12. The third kappa shape index (κ3) is 4.33. The Balaban J connectivity index is 1.55. The van der Waals surface area contributed by atoms with Crippen LogP contribution in [0.15, 0.2) is 18.2 Å². The first-order valence-corrected chi connectivity index (χ1v) is 9.86. The van der Waals surface area contributed by atoms with Gasteiger partial charge in [-0.15, -0.1) is 0 Å². The molecule has 0 radical (unpaired) electrons. The highest BCUT2D eigenvalue weighted by molar-refractivity contribution is 6.42. The van der Waals surface area contributed by atoms with Gasteiger partial charge in [0.25, 0.3) is 0 Å². The molecule has 142 valence electrons. The van der Waals surface area contributed by atoms with Crippen molar-refractivity contribution in [3.63, 3.8) is 0 Å². The molecule has 0 aromatic heterocycles. The van der Waals surface area contributed by atoms with Crippen molar-refractivity contribution in [3.05, 3.63) is 28.2 Å². The molecule has 1 aromatic rings. The van der Waals surface area contributed by atoms with E-state index in [9.17, 15) is 9.59 Å². The molecule has 1 aromatic carbocycles. The molecule has 2 fully saturated rings. The van der Waals surface area contributed by atoms with E-state index in [4.69, 9.17) is 28.9 Å². The van der Waals surface area contributed by atoms with Crippen LogP contribution in [0.3, 0.4) is 0 Å². The molecule has 3 N–H and O–H groups in total. The van der Waals surface area contributed by atoms with Crippen LogP contribution >= 0.6 is 23.2 Å². The van der Waals surface area contributed by atoms with Crippen molar-refractivity contribution < 1.29 is 9.59 Å². The molecule has 2 saturated carbocycles. The number of carbonyl (C=O) groups excluding carboxylic acids is 2. The number of benzene rings is 1. The van der Waals surface area contributed by atoms with E-state index >= 15 is 0 Å². The quantitative estimate of drug-likeness (QED) is 0.815. The van der Waals surface area contributed by atoms with E-state index in [1.54, 1.807) is 25.2 Å². The predicted molar refractivity (Wildman–Crippen MR) is 104 cm³/mol. The highest BCUT2D eigenvalue weighted by Crippen LogP contribution is 2.42. The number of hydrogen-bond acceptors (Lipinski definition) is 3. The van der Waals surface area contributed by atoms with Crippen LogP contribution in [0.25, 0.3) is 0 Å². The van der Waals surface area contributed by atoms with Gasteiger partial charge in [0.15, 0.2) is 0 Å². The number of carbonyl (C=O) groups is 2. The maximum atomic E-state index is 12.8.